The molecule has 1 heterocycles. The second-order valence-corrected chi connectivity index (χ2v) is 8.22. The fourth-order valence-electron chi connectivity index (χ4n) is 3.92. The van der Waals surface area contributed by atoms with Gasteiger partial charge in [0.1, 0.15) is 17.3 Å². The van der Waals surface area contributed by atoms with Crippen LogP contribution in [0.5, 0.6) is 17.2 Å². The van der Waals surface area contributed by atoms with E-state index >= 15 is 0 Å². The number of carbonyl (C=O) groups is 2. The monoisotopic (exact) mass is 499 g/mol. The molecule has 0 aromatic heterocycles. The molecular formula is C25H19Cl2NO6. The van der Waals surface area contributed by atoms with Crippen molar-refractivity contribution in [3.8, 4) is 17.2 Å². The van der Waals surface area contributed by atoms with E-state index in [1.54, 1.807) is 36.4 Å². The van der Waals surface area contributed by atoms with Crippen LogP contribution in [0.2, 0.25) is 10.0 Å². The highest BCUT2D eigenvalue weighted by Gasteiger charge is 2.47. The van der Waals surface area contributed by atoms with Gasteiger partial charge in [-0.25, -0.2) is 0 Å². The Bertz CT molecular complexity index is 1310. The molecule has 3 aromatic rings. The predicted molar refractivity (Wildman–Crippen MR) is 129 cm³/mol. The molecule has 2 N–H and O–H groups in total. The summed E-state index contributed by atoms with van der Waals surface area (Å²) in [4.78, 5) is 27.6. The number of methoxy groups -OCH3 is 2. The van der Waals surface area contributed by atoms with Crippen LogP contribution in [0.15, 0.2) is 66.2 Å². The van der Waals surface area contributed by atoms with Crippen molar-refractivity contribution in [3.63, 3.8) is 0 Å². The summed E-state index contributed by atoms with van der Waals surface area (Å²) in [6.07, 6.45) is 0. The molecule has 0 saturated carbocycles. The molecule has 1 amide bonds. The highest BCUT2D eigenvalue weighted by molar-refractivity contribution is 6.52. The number of aromatic hydroxyl groups is 1. The number of ketones is 1. The minimum atomic E-state index is -1.07. The highest BCUT2D eigenvalue weighted by atomic mass is 35.5. The third kappa shape index (κ3) is 3.93. The number of halogens is 2. The lowest BCUT2D eigenvalue weighted by Crippen LogP contribution is -2.29. The molecule has 0 radical (unpaired) electrons. The number of aliphatic hydroxyl groups excluding tert-OH is 1. The fraction of sp³-hybridized carbons (Fsp3) is 0.120. The Morgan fingerprint density at radius 1 is 0.941 bits per heavy atom. The zero-order chi connectivity index (χ0) is 24.6. The van der Waals surface area contributed by atoms with Gasteiger partial charge in [0.05, 0.1) is 41.6 Å². The lowest BCUT2D eigenvalue weighted by Gasteiger charge is -2.26. The molecule has 0 aliphatic carbocycles. The number of phenolic OH excluding ortho intramolecular Hbond substituents is 1. The van der Waals surface area contributed by atoms with E-state index in [4.69, 9.17) is 32.7 Å². The van der Waals surface area contributed by atoms with Crippen LogP contribution in [-0.2, 0) is 9.59 Å². The van der Waals surface area contributed by atoms with Crippen molar-refractivity contribution in [2.24, 2.45) is 0 Å². The zero-order valence-electron chi connectivity index (χ0n) is 18.1. The van der Waals surface area contributed by atoms with Gasteiger partial charge < -0.3 is 19.7 Å². The van der Waals surface area contributed by atoms with Gasteiger partial charge >= 0.3 is 0 Å². The molecule has 0 bridgehead atoms. The Balaban J connectivity index is 1.99. The van der Waals surface area contributed by atoms with E-state index in [1.165, 1.54) is 38.5 Å². The number of benzene rings is 3. The average molecular weight is 500 g/mol. The topological polar surface area (TPSA) is 96.3 Å². The van der Waals surface area contributed by atoms with Crippen LogP contribution < -0.4 is 14.4 Å². The Morgan fingerprint density at radius 3 is 2.24 bits per heavy atom. The maximum Gasteiger partial charge on any atom is 0.300 e. The third-order valence-corrected chi connectivity index (χ3v) is 6.03. The van der Waals surface area contributed by atoms with E-state index in [2.05, 4.69) is 0 Å². The van der Waals surface area contributed by atoms with Crippen molar-refractivity contribution in [2.75, 3.05) is 19.1 Å². The predicted octanol–water partition coefficient (Wildman–Crippen LogP) is 5.34. The van der Waals surface area contributed by atoms with E-state index in [9.17, 15) is 19.8 Å². The number of carbonyl (C=O) groups excluding carboxylic acids is 2. The van der Waals surface area contributed by atoms with Gasteiger partial charge in [-0.15, -0.1) is 0 Å². The molecule has 0 spiro atoms. The lowest BCUT2D eigenvalue weighted by molar-refractivity contribution is -0.132. The summed E-state index contributed by atoms with van der Waals surface area (Å²) in [6, 6.07) is 14.6. The molecule has 4 rings (SSSR count). The van der Waals surface area contributed by atoms with Crippen LogP contribution in [0.4, 0.5) is 5.69 Å². The summed E-state index contributed by atoms with van der Waals surface area (Å²) in [5.41, 5.74) is 0.522. The average Bonchev–Trinajstić information content (AvgIpc) is 3.09. The van der Waals surface area contributed by atoms with Crippen LogP contribution >= 0.6 is 23.2 Å². The molecule has 1 saturated heterocycles. The summed E-state index contributed by atoms with van der Waals surface area (Å²) in [5, 5.41) is 21.9. The molecule has 1 fully saturated rings. The van der Waals surface area contributed by atoms with Gasteiger partial charge in [-0.2, -0.15) is 0 Å². The molecule has 1 atom stereocenters. The largest absolute Gasteiger partial charge is 0.507 e. The second-order valence-electron chi connectivity index (χ2n) is 7.41. The van der Waals surface area contributed by atoms with Gasteiger partial charge in [-0.1, -0.05) is 47.5 Å². The van der Waals surface area contributed by atoms with E-state index in [1.807, 2.05) is 0 Å². The van der Waals surface area contributed by atoms with Gasteiger partial charge in [0.2, 0.25) is 0 Å². The molecule has 7 nitrogen and oxygen atoms in total. The van der Waals surface area contributed by atoms with Crippen LogP contribution in [-0.4, -0.2) is 36.1 Å². The van der Waals surface area contributed by atoms with E-state index < -0.39 is 23.5 Å². The summed E-state index contributed by atoms with van der Waals surface area (Å²) >= 11 is 12.5. The first-order chi connectivity index (χ1) is 16.3. The van der Waals surface area contributed by atoms with Crippen LogP contribution in [0.25, 0.3) is 5.76 Å². The minimum absolute atomic E-state index is 0.113. The van der Waals surface area contributed by atoms with E-state index in [0.717, 1.165) is 4.90 Å². The second kappa shape index (κ2) is 9.29. The number of para-hydroxylation sites is 2. The number of ether oxygens (including phenoxy) is 2. The fourth-order valence-corrected chi connectivity index (χ4v) is 4.56. The van der Waals surface area contributed by atoms with Crippen LogP contribution in [0.1, 0.15) is 17.2 Å². The number of hydrogen-bond donors (Lipinski definition) is 2. The van der Waals surface area contributed by atoms with Gasteiger partial charge in [0.25, 0.3) is 11.7 Å². The SMILES string of the molecule is COc1cccc(C2/C(=C(\O)c3cc(Cl)c(OC)c(Cl)c3)C(=O)C(=O)N2c2ccccc2O)c1. The van der Waals surface area contributed by atoms with Gasteiger partial charge in [0.15, 0.2) is 5.75 Å². The first-order valence-corrected chi connectivity index (χ1v) is 10.8. The Labute approximate surface area is 205 Å². The first kappa shape index (κ1) is 23.5. The van der Waals surface area contributed by atoms with Crippen molar-refractivity contribution in [2.45, 2.75) is 6.04 Å². The molecule has 174 valence electrons. The number of amides is 1. The maximum absolute atomic E-state index is 13.2. The van der Waals surface area contributed by atoms with Crippen molar-refractivity contribution in [1.29, 1.82) is 0 Å². The molecule has 34 heavy (non-hydrogen) atoms. The molecule has 1 aliphatic heterocycles. The standard InChI is InChI=1S/C25H19Cl2NO6/c1-33-15-7-5-6-13(10-15)21-20(22(30)14-11-16(26)24(34-2)17(27)12-14)23(31)25(32)28(21)18-8-3-4-9-19(18)29/h3-12,21,29-30H,1-2H3/b22-20+. The molecule has 1 aliphatic rings. The molecule has 3 aromatic carbocycles. The van der Waals surface area contributed by atoms with Crippen LogP contribution in [0.3, 0.4) is 0 Å². The van der Waals surface area contributed by atoms with Crippen molar-refractivity contribution in [3.05, 3.63) is 87.4 Å². The lowest BCUT2D eigenvalue weighted by atomic mass is 9.95. The Hall–Kier alpha value is -3.68. The summed E-state index contributed by atoms with van der Waals surface area (Å²) < 4.78 is 10.5. The van der Waals surface area contributed by atoms with Gasteiger partial charge in [0, 0.05) is 5.56 Å². The normalized spacial score (nSPS) is 17.2. The third-order valence-electron chi connectivity index (χ3n) is 5.47. The van der Waals surface area contributed by atoms with Crippen molar-refractivity contribution < 1.29 is 29.3 Å². The number of nitrogens with zero attached hydrogens (tertiary/aromatic N) is 1. The number of anilines is 1. The van der Waals surface area contributed by atoms with Crippen LogP contribution in [0, 0.1) is 0 Å². The van der Waals surface area contributed by atoms with Crippen molar-refractivity contribution >= 4 is 46.3 Å². The summed E-state index contributed by atoms with van der Waals surface area (Å²) in [6.45, 7) is 0. The quantitative estimate of drug-likeness (QED) is 0.279. The van der Waals surface area contributed by atoms with Crippen molar-refractivity contribution in [1.82, 2.24) is 0 Å². The number of aliphatic hydroxyl groups is 1. The number of hydrogen-bond acceptors (Lipinski definition) is 6. The Kier molecular flexibility index (Phi) is 6.41. The highest BCUT2D eigenvalue weighted by Crippen LogP contribution is 2.46. The Morgan fingerprint density at radius 2 is 1.62 bits per heavy atom. The number of rotatable bonds is 5. The zero-order valence-corrected chi connectivity index (χ0v) is 19.6. The van der Waals surface area contributed by atoms with Gasteiger partial charge in [-0.3, -0.25) is 14.5 Å². The first-order valence-electron chi connectivity index (χ1n) is 10.0. The minimum Gasteiger partial charge on any atom is -0.507 e. The summed E-state index contributed by atoms with van der Waals surface area (Å²) in [5.74, 6) is -1.84. The number of Topliss-reactive ketones (excluding diaryl/α,β-unsaturated/α-hetero) is 1. The summed E-state index contributed by atoms with van der Waals surface area (Å²) in [7, 11) is 2.88. The maximum atomic E-state index is 13.2. The molecule has 9 heteroatoms. The smallest absolute Gasteiger partial charge is 0.300 e. The van der Waals surface area contributed by atoms with Gasteiger partial charge in [-0.05, 0) is 42.0 Å². The van der Waals surface area contributed by atoms with E-state index in [-0.39, 0.29) is 38.4 Å². The number of phenols is 1. The van der Waals surface area contributed by atoms with E-state index in [0.29, 0.717) is 11.3 Å². The molecule has 1 unspecified atom stereocenters. The molecular weight excluding hydrogens is 481 g/mol.